The number of rotatable bonds is 2. The van der Waals surface area contributed by atoms with Crippen LogP contribution >= 0.6 is 0 Å². The van der Waals surface area contributed by atoms with Crippen LogP contribution in [0.1, 0.15) is 12.8 Å². The first kappa shape index (κ1) is 7.98. The number of hydrogen-bond acceptors (Lipinski definition) is 3. The molecule has 0 aliphatic carbocycles. The molecular weight excluding hydrogens is 128 g/mol. The molecule has 0 aromatic heterocycles. The second kappa shape index (κ2) is 3.32. The number of methoxy groups -OCH3 is 1. The molecular formula is C7H16N2O. The maximum Gasteiger partial charge on any atom is 0.0654 e. The molecule has 1 saturated heterocycles. The average molecular weight is 144 g/mol. The van der Waals surface area contributed by atoms with Crippen LogP contribution in [0.15, 0.2) is 0 Å². The molecule has 0 bridgehead atoms. The van der Waals surface area contributed by atoms with Crippen molar-refractivity contribution in [3.8, 4) is 0 Å². The zero-order valence-corrected chi connectivity index (χ0v) is 6.52. The first-order valence-corrected chi connectivity index (χ1v) is 3.75. The van der Waals surface area contributed by atoms with Gasteiger partial charge in [0.25, 0.3) is 0 Å². The zero-order chi connectivity index (χ0) is 7.45. The lowest BCUT2D eigenvalue weighted by Crippen LogP contribution is -2.55. The van der Waals surface area contributed by atoms with Crippen molar-refractivity contribution < 1.29 is 4.74 Å². The van der Waals surface area contributed by atoms with Crippen LogP contribution in [0.3, 0.4) is 0 Å². The van der Waals surface area contributed by atoms with Gasteiger partial charge in [-0.15, -0.1) is 0 Å². The molecule has 0 saturated carbocycles. The zero-order valence-electron chi connectivity index (χ0n) is 6.52. The van der Waals surface area contributed by atoms with Crippen molar-refractivity contribution in [1.29, 1.82) is 0 Å². The van der Waals surface area contributed by atoms with Crippen LogP contribution in [0, 0.1) is 0 Å². The van der Waals surface area contributed by atoms with Crippen molar-refractivity contribution >= 4 is 0 Å². The van der Waals surface area contributed by atoms with E-state index in [1.165, 1.54) is 6.42 Å². The van der Waals surface area contributed by atoms with Gasteiger partial charge in [0.15, 0.2) is 0 Å². The van der Waals surface area contributed by atoms with Crippen LogP contribution in [-0.2, 0) is 4.74 Å². The normalized spacial score (nSPS) is 34.2. The molecule has 3 nitrogen and oxygen atoms in total. The minimum absolute atomic E-state index is 0.104. The van der Waals surface area contributed by atoms with E-state index in [4.69, 9.17) is 10.5 Å². The SMILES string of the molecule is COCC1(N)CCCNC1. The highest BCUT2D eigenvalue weighted by atomic mass is 16.5. The molecule has 0 aromatic rings. The standard InChI is InChI=1S/C7H16N2O/c1-10-6-7(8)3-2-4-9-5-7/h9H,2-6,8H2,1H3. The molecule has 1 fully saturated rings. The fraction of sp³-hybridized carbons (Fsp3) is 1.00. The predicted octanol–water partition coefficient (Wildman–Crippen LogP) is -0.286. The maximum atomic E-state index is 5.98. The summed E-state index contributed by atoms with van der Waals surface area (Å²) in [7, 11) is 1.70. The number of nitrogens with two attached hydrogens (primary N) is 1. The molecule has 60 valence electrons. The number of hydrogen-bond donors (Lipinski definition) is 2. The Balaban J connectivity index is 2.32. The summed E-state index contributed by atoms with van der Waals surface area (Å²) in [5.41, 5.74) is 5.88. The summed E-state index contributed by atoms with van der Waals surface area (Å²) in [6, 6.07) is 0. The van der Waals surface area contributed by atoms with Gasteiger partial charge in [-0.05, 0) is 19.4 Å². The van der Waals surface area contributed by atoms with E-state index >= 15 is 0 Å². The van der Waals surface area contributed by atoms with E-state index in [2.05, 4.69) is 5.32 Å². The van der Waals surface area contributed by atoms with Gasteiger partial charge in [-0.2, -0.15) is 0 Å². The number of piperidine rings is 1. The van der Waals surface area contributed by atoms with Crippen LogP contribution in [-0.4, -0.2) is 32.3 Å². The van der Waals surface area contributed by atoms with E-state index in [0.29, 0.717) is 6.61 Å². The quantitative estimate of drug-likeness (QED) is 0.560. The van der Waals surface area contributed by atoms with Crippen molar-refractivity contribution in [2.75, 3.05) is 26.8 Å². The van der Waals surface area contributed by atoms with Gasteiger partial charge in [0, 0.05) is 13.7 Å². The van der Waals surface area contributed by atoms with E-state index in [-0.39, 0.29) is 5.54 Å². The van der Waals surface area contributed by atoms with E-state index in [1.807, 2.05) is 0 Å². The fourth-order valence-corrected chi connectivity index (χ4v) is 1.40. The molecule has 1 atom stereocenters. The third kappa shape index (κ3) is 1.94. The smallest absolute Gasteiger partial charge is 0.0654 e. The van der Waals surface area contributed by atoms with Gasteiger partial charge in [0.1, 0.15) is 0 Å². The molecule has 10 heavy (non-hydrogen) atoms. The van der Waals surface area contributed by atoms with Gasteiger partial charge >= 0.3 is 0 Å². The third-order valence-corrected chi connectivity index (χ3v) is 1.94. The molecule has 3 N–H and O–H groups in total. The maximum absolute atomic E-state index is 5.98. The Morgan fingerprint density at radius 3 is 3.00 bits per heavy atom. The Bertz CT molecular complexity index is 94.3. The second-order valence-corrected chi connectivity index (χ2v) is 3.08. The van der Waals surface area contributed by atoms with Crippen LogP contribution in [0.5, 0.6) is 0 Å². The summed E-state index contributed by atoms with van der Waals surface area (Å²) in [6.07, 6.45) is 2.24. The molecule has 1 unspecified atom stereocenters. The average Bonchev–Trinajstić information content (AvgIpc) is 1.89. The van der Waals surface area contributed by atoms with Gasteiger partial charge < -0.3 is 15.8 Å². The van der Waals surface area contributed by atoms with Crippen molar-refractivity contribution in [3.63, 3.8) is 0 Å². The highest BCUT2D eigenvalue weighted by Crippen LogP contribution is 2.12. The summed E-state index contributed by atoms with van der Waals surface area (Å²) in [6.45, 7) is 2.66. The predicted molar refractivity (Wildman–Crippen MR) is 40.9 cm³/mol. The molecule has 3 heteroatoms. The van der Waals surface area contributed by atoms with E-state index < -0.39 is 0 Å². The first-order chi connectivity index (χ1) is 4.77. The highest BCUT2D eigenvalue weighted by Gasteiger charge is 2.26. The molecule has 0 aromatic carbocycles. The lowest BCUT2D eigenvalue weighted by Gasteiger charge is -2.32. The first-order valence-electron chi connectivity index (χ1n) is 3.75. The van der Waals surface area contributed by atoms with Crippen LogP contribution in [0.25, 0.3) is 0 Å². The van der Waals surface area contributed by atoms with E-state index in [1.54, 1.807) is 7.11 Å². The van der Waals surface area contributed by atoms with Gasteiger partial charge in [0.2, 0.25) is 0 Å². The van der Waals surface area contributed by atoms with E-state index in [9.17, 15) is 0 Å². The number of nitrogens with one attached hydrogen (secondary N) is 1. The molecule has 0 radical (unpaired) electrons. The summed E-state index contributed by atoms with van der Waals surface area (Å²) in [4.78, 5) is 0. The number of ether oxygens (including phenoxy) is 1. The highest BCUT2D eigenvalue weighted by molar-refractivity contribution is 4.89. The Morgan fingerprint density at radius 2 is 2.50 bits per heavy atom. The molecule has 0 spiro atoms. The lowest BCUT2D eigenvalue weighted by molar-refractivity contribution is 0.115. The van der Waals surface area contributed by atoms with Gasteiger partial charge in [0.05, 0.1) is 12.1 Å². The Hall–Kier alpha value is -0.120. The van der Waals surface area contributed by atoms with Crippen molar-refractivity contribution in [2.45, 2.75) is 18.4 Å². The van der Waals surface area contributed by atoms with Crippen molar-refractivity contribution in [1.82, 2.24) is 5.32 Å². The molecule has 1 heterocycles. The van der Waals surface area contributed by atoms with Gasteiger partial charge in [-0.25, -0.2) is 0 Å². The Labute approximate surface area is 61.9 Å². The lowest BCUT2D eigenvalue weighted by atomic mass is 9.92. The monoisotopic (exact) mass is 144 g/mol. The topological polar surface area (TPSA) is 47.3 Å². The van der Waals surface area contributed by atoms with Crippen LogP contribution < -0.4 is 11.1 Å². The largest absolute Gasteiger partial charge is 0.383 e. The molecule has 1 rings (SSSR count). The second-order valence-electron chi connectivity index (χ2n) is 3.08. The summed E-state index contributed by atoms with van der Waals surface area (Å²) < 4.78 is 5.02. The third-order valence-electron chi connectivity index (χ3n) is 1.94. The summed E-state index contributed by atoms with van der Waals surface area (Å²) in [5, 5.41) is 3.26. The van der Waals surface area contributed by atoms with E-state index in [0.717, 1.165) is 19.5 Å². The van der Waals surface area contributed by atoms with Crippen LogP contribution in [0.4, 0.5) is 0 Å². The molecule has 1 aliphatic heterocycles. The fourth-order valence-electron chi connectivity index (χ4n) is 1.40. The Morgan fingerprint density at radius 1 is 1.70 bits per heavy atom. The van der Waals surface area contributed by atoms with Crippen molar-refractivity contribution in [2.24, 2.45) is 5.73 Å². The minimum Gasteiger partial charge on any atom is -0.383 e. The van der Waals surface area contributed by atoms with Crippen molar-refractivity contribution in [3.05, 3.63) is 0 Å². The van der Waals surface area contributed by atoms with Gasteiger partial charge in [-0.3, -0.25) is 0 Å². The molecule has 0 amide bonds. The van der Waals surface area contributed by atoms with Crippen LogP contribution in [0.2, 0.25) is 0 Å². The van der Waals surface area contributed by atoms with Gasteiger partial charge in [-0.1, -0.05) is 0 Å². The summed E-state index contributed by atoms with van der Waals surface area (Å²) >= 11 is 0. The summed E-state index contributed by atoms with van der Waals surface area (Å²) in [5.74, 6) is 0. The minimum atomic E-state index is -0.104. The Kier molecular flexibility index (Phi) is 2.65. The molecule has 1 aliphatic rings.